The van der Waals surface area contributed by atoms with Crippen molar-refractivity contribution in [2.75, 3.05) is 5.32 Å². The maximum Gasteiger partial charge on any atom is 0.277 e. The van der Waals surface area contributed by atoms with E-state index in [1.165, 1.54) is 4.57 Å². The largest absolute Gasteiger partial charge is 0.324 e. The summed E-state index contributed by atoms with van der Waals surface area (Å²) in [5, 5.41) is 7.92. The van der Waals surface area contributed by atoms with E-state index < -0.39 is 0 Å². The smallest absolute Gasteiger partial charge is 0.277 e. The molecule has 2 heterocycles. The molecule has 7 heteroatoms. The number of amides is 1. The first kappa shape index (κ1) is 17.8. The average molecular weight is 385 g/mol. The molecule has 0 saturated heterocycles. The maximum absolute atomic E-state index is 13.0. The van der Waals surface area contributed by atoms with Gasteiger partial charge in [-0.1, -0.05) is 24.6 Å². The zero-order valence-corrected chi connectivity index (χ0v) is 16.1. The monoisotopic (exact) mass is 384 g/mol. The van der Waals surface area contributed by atoms with E-state index in [9.17, 15) is 9.59 Å². The number of rotatable bonds is 3. The van der Waals surface area contributed by atoms with Gasteiger partial charge in [0, 0.05) is 28.7 Å². The summed E-state index contributed by atoms with van der Waals surface area (Å²) in [5.41, 5.74) is 3.99. The van der Waals surface area contributed by atoms with Gasteiger partial charge in [-0.3, -0.25) is 9.59 Å². The van der Waals surface area contributed by atoms with Crippen LogP contribution >= 0.6 is 11.6 Å². The topological polar surface area (TPSA) is 68.4 Å². The predicted molar refractivity (Wildman–Crippen MR) is 105 cm³/mol. The minimum Gasteiger partial charge on any atom is -0.324 e. The van der Waals surface area contributed by atoms with Crippen LogP contribution in [0.15, 0.2) is 35.4 Å². The number of hydrogen-bond donors (Lipinski definition) is 1. The number of fused-ring (bicyclic) bond motifs is 3. The number of anilines is 1. The Morgan fingerprint density at radius 1 is 1.37 bits per heavy atom. The molecular formula is C20H21ClN4O2. The molecule has 1 aliphatic rings. The van der Waals surface area contributed by atoms with Gasteiger partial charge in [-0.25, -0.2) is 4.52 Å². The van der Waals surface area contributed by atoms with Gasteiger partial charge in [0.2, 0.25) is 5.91 Å². The molecule has 0 aliphatic heterocycles. The van der Waals surface area contributed by atoms with Crippen LogP contribution in [0, 0.1) is 12.8 Å². The van der Waals surface area contributed by atoms with Crippen LogP contribution in [0.5, 0.6) is 0 Å². The first-order valence-electron chi connectivity index (χ1n) is 9.08. The van der Waals surface area contributed by atoms with Crippen molar-refractivity contribution in [1.82, 2.24) is 14.2 Å². The summed E-state index contributed by atoms with van der Waals surface area (Å²) in [7, 11) is 0. The molecule has 3 aromatic rings. The van der Waals surface area contributed by atoms with Crippen molar-refractivity contribution >= 4 is 28.7 Å². The molecule has 1 amide bonds. The quantitative estimate of drug-likeness (QED) is 0.753. The van der Waals surface area contributed by atoms with Crippen molar-refractivity contribution in [1.29, 1.82) is 0 Å². The van der Waals surface area contributed by atoms with Crippen molar-refractivity contribution in [3.05, 3.63) is 62.8 Å². The van der Waals surface area contributed by atoms with Crippen molar-refractivity contribution in [3.63, 3.8) is 0 Å². The fraction of sp³-hybridized carbons (Fsp3) is 0.350. The van der Waals surface area contributed by atoms with E-state index in [4.69, 9.17) is 11.6 Å². The third-order valence-electron chi connectivity index (χ3n) is 5.14. The molecular weight excluding hydrogens is 364 g/mol. The van der Waals surface area contributed by atoms with Gasteiger partial charge in [0.05, 0.1) is 5.69 Å². The van der Waals surface area contributed by atoms with E-state index in [1.54, 1.807) is 29.0 Å². The number of benzene rings is 1. The lowest BCUT2D eigenvalue weighted by Crippen LogP contribution is -2.28. The zero-order valence-electron chi connectivity index (χ0n) is 15.3. The van der Waals surface area contributed by atoms with Gasteiger partial charge in [-0.15, -0.1) is 0 Å². The van der Waals surface area contributed by atoms with Gasteiger partial charge in [0.25, 0.3) is 5.56 Å². The number of hydrogen-bond acceptors (Lipinski definition) is 3. The lowest BCUT2D eigenvalue weighted by atomic mass is 9.88. The Bertz CT molecular complexity index is 1100. The molecule has 0 bridgehead atoms. The van der Waals surface area contributed by atoms with Crippen LogP contribution in [-0.2, 0) is 24.2 Å². The minimum atomic E-state index is -0.275. The van der Waals surface area contributed by atoms with Crippen LogP contribution in [0.2, 0.25) is 5.02 Å². The molecule has 2 aromatic heterocycles. The van der Waals surface area contributed by atoms with Crippen LogP contribution < -0.4 is 10.9 Å². The summed E-state index contributed by atoms with van der Waals surface area (Å²) in [5.74, 6) is 0.260. The SMILES string of the molecule is Cc1ccc(NC(=O)Cn2ccn3nc4c(c3c2=O)CC(C)CC4)cc1Cl. The van der Waals surface area contributed by atoms with Crippen LogP contribution in [-0.4, -0.2) is 20.1 Å². The van der Waals surface area contributed by atoms with Gasteiger partial charge in [0.1, 0.15) is 12.1 Å². The van der Waals surface area contributed by atoms with E-state index in [1.807, 2.05) is 13.0 Å². The Balaban J connectivity index is 1.61. The summed E-state index contributed by atoms with van der Waals surface area (Å²) >= 11 is 6.10. The Kier molecular flexibility index (Phi) is 4.52. The predicted octanol–water partition coefficient (Wildman–Crippen LogP) is 3.22. The Hall–Kier alpha value is -2.60. The fourth-order valence-corrected chi connectivity index (χ4v) is 3.78. The molecule has 1 N–H and O–H groups in total. The molecule has 6 nitrogen and oxygen atoms in total. The van der Waals surface area contributed by atoms with Crippen LogP contribution in [0.1, 0.15) is 30.2 Å². The van der Waals surface area contributed by atoms with Crippen molar-refractivity contribution in [3.8, 4) is 0 Å². The molecule has 27 heavy (non-hydrogen) atoms. The van der Waals surface area contributed by atoms with Gasteiger partial charge < -0.3 is 9.88 Å². The summed E-state index contributed by atoms with van der Waals surface area (Å²) in [6.45, 7) is 4.03. The second-order valence-corrected chi connectivity index (χ2v) is 7.72. The van der Waals surface area contributed by atoms with Gasteiger partial charge in [0.15, 0.2) is 0 Å². The van der Waals surface area contributed by atoms with Gasteiger partial charge in [-0.05, 0) is 49.8 Å². The second kappa shape index (κ2) is 6.85. The molecule has 1 atom stereocenters. The highest BCUT2D eigenvalue weighted by molar-refractivity contribution is 6.31. The molecule has 1 aliphatic carbocycles. The van der Waals surface area contributed by atoms with Crippen molar-refractivity contribution in [2.24, 2.45) is 5.92 Å². The highest BCUT2D eigenvalue weighted by Crippen LogP contribution is 2.26. The van der Waals surface area contributed by atoms with Gasteiger partial charge in [-0.2, -0.15) is 5.10 Å². The standard InChI is InChI=1S/C20H21ClN4O2/c1-12-3-6-17-15(9-12)19-20(27)24(7-8-25(19)23-17)11-18(26)22-14-5-4-13(2)16(21)10-14/h4-5,7-8,10,12H,3,6,9,11H2,1-2H3,(H,22,26). The summed E-state index contributed by atoms with van der Waals surface area (Å²) < 4.78 is 3.08. The van der Waals surface area contributed by atoms with E-state index >= 15 is 0 Å². The minimum absolute atomic E-state index is 0.0592. The molecule has 1 unspecified atom stereocenters. The fourth-order valence-electron chi connectivity index (χ4n) is 3.60. The summed E-state index contributed by atoms with van der Waals surface area (Å²) in [6, 6.07) is 5.34. The van der Waals surface area contributed by atoms with Crippen molar-refractivity contribution in [2.45, 2.75) is 39.7 Å². The van der Waals surface area contributed by atoms with Crippen molar-refractivity contribution < 1.29 is 4.79 Å². The molecule has 1 aromatic carbocycles. The highest BCUT2D eigenvalue weighted by atomic mass is 35.5. The third kappa shape index (κ3) is 3.37. The third-order valence-corrected chi connectivity index (χ3v) is 5.55. The Labute approximate surface area is 161 Å². The first-order chi connectivity index (χ1) is 12.9. The Morgan fingerprint density at radius 2 is 2.19 bits per heavy atom. The van der Waals surface area contributed by atoms with Crippen LogP contribution in [0.4, 0.5) is 5.69 Å². The normalized spacial score (nSPS) is 16.3. The van der Waals surface area contributed by atoms with E-state index in [0.717, 1.165) is 36.1 Å². The van der Waals surface area contributed by atoms with E-state index in [2.05, 4.69) is 17.3 Å². The number of carbonyl (C=O) groups excluding carboxylic acids is 1. The highest BCUT2D eigenvalue weighted by Gasteiger charge is 2.23. The lowest BCUT2D eigenvalue weighted by molar-refractivity contribution is -0.116. The molecule has 0 fully saturated rings. The average Bonchev–Trinajstić information content (AvgIpc) is 2.99. The number of aryl methyl sites for hydroxylation is 2. The molecule has 0 spiro atoms. The van der Waals surface area contributed by atoms with E-state index in [0.29, 0.717) is 22.1 Å². The maximum atomic E-state index is 13.0. The molecule has 0 saturated carbocycles. The molecule has 4 rings (SSSR count). The number of carbonyl (C=O) groups is 1. The second-order valence-electron chi connectivity index (χ2n) is 7.31. The number of halogens is 1. The summed E-state index contributed by atoms with van der Waals surface area (Å²) in [4.78, 5) is 25.4. The molecule has 140 valence electrons. The van der Waals surface area contributed by atoms with Gasteiger partial charge >= 0.3 is 0 Å². The van der Waals surface area contributed by atoms with E-state index in [-0.39, 0.29) is 18.0 Å². The zero-order chi connectivity index (χ0) is 19.1. The Morgan fingerprint density at radius 3 is 2.96 bits per heavy atom. The van der Waals surface area contributed by atoms with Crippen LogP contribution in [0.3, 0.4) is 0 Å². The number of aromatic nitrogens is 3. The summed E-state index contributed by atoms with van der Waals surface area (Å²) in [6.07, 6.45) is 6.19. The molecule has 0 radical (unpaired) electrons. The first-order valence-corrected chi connectivity index (χ1v) is 9.45. The number of nitrogens with one attached hydrogen (secondary N) is 1. The van der Waals surface area contributed by atoms with Crippen LogP contribution in [0.25, 0.3) is 5.52 Å². The lowest BCUT2D eigenvalue weighted by Gasteiger charge is -2.16. The number of nitrogens with zero attached hydrogens (tertiary/aromatic N) is 3.